The third-order valence-electron chi connectivity index (χ3n) is 3.33. The molecule has 0 bridgehead atoms. The average molecular weight is 289 g/mol. The molecular weight excluding hydrogens is 274 g/mol. The second-order valence-corrected chi connectivity index (χ2v) is 4.78. The minimum absolute atomic E-state index is 0.234. The Labute approximate surface area is 120 Å². The molecule has 2 amide bonds. The molecule has 2 aromatic rings. The second kappa shape index (κ2) is 5.39. The summed E-state index contributed by atoms with van der Waals surface area (Å²) in [4.78, 5) is 33.2. The number of aryl methyl sites for hydroxylation is 1. The summed E-state index contributed by atoms with van der Waals surface area (Å²) in [5.74, 6) is -0.234. The highest BCUT2D eigenvalue weighted by atomic mass is 16.6. The highest BCUT2D eigenvalue weighted by molar-refractivity contribution is 5.96. The molecule has 2 aromatic heterocycles. The Morgan fingerprint density at radius 3 is 3.10 bits per heavy atom. The molecule has 0 radical (unpaired) electrons. The van der Waals surface area contributed by atoms with Crippen molar-refractivity contribution in [2.45, 2.75) is 0 Å². The highest BCUT2D eigenvalue weighted by Gasteiger charge is 2.21. The maximum Gasteiger partial charge on any atom is 0.409 e. The fourth-order valence-corrected chi connectivity index (χ4v) is 2.18. The van der Waals surface area contributed by atoms with Crippen molar-refractivity contribution in [1.82, 2.24) is 24.8 Å². The largest absolute Gasteiger partial charge is 0.448 e. The molecule has 0 atom stereocenters. The van der Waals surface area contributed by atoms with Gasteiger partial charge < -0.3 is 19.5 Å². The standard InChI is InChI=1S/C13H15N5O3/c1-17-8-16-10-6-9(7-15-11(10)17)12(19)14-2-3-18-4-5-21-13(18)20/h6-8H,2-5H2,1H3,(H,14,19). The lowest BCUT2D eigenvalue weighted by Crippen LogP contribution is -2.35. The number of carbonyl (C=O) groups excluding carboxylic acids is 2. The van der Waals surface area contributed by atoms with Crippen LogP contribution in [0.5, 0.6) is 0 Å². The van der Waals surface area contributed by atoms with Gasteiger partial charge in [-0.05, 0) is 6.07 Å². The van der Waals surface area contributed by atoms with Crippen molar-refractivity contribution in [3.05, 3.63) is 24.2 Å². The number of imidazole rings is 1. The summed E-state index contributed by atoms with van der Waals surface area (Å²) < 4.78 is 6.60. The van der Waals surface area contributed by atoms with Crippen LogP contribution in [0.3, 0.4) is 0 Å². The van der Waals surface area contributed by atoms with Crippen LogP contribution in [-0.4, -0.2) is 57.7 Å². The fraction of sp³-hybridized carbons (Fsp3) is 0.385. The summed E-state index contributed by atoms with van der Waals surface area (Å²) in [5.41, 5.74) is 1.85. The lowest BCUT2D eigenvalue weighted by molar-refractivity contribution is 0.0948. The van der Waals surface area contributed by atoms with Crippen LogP contribution in [0.2, 0.25) is 0 Å². The Balaban J connectivity index is 1.60. The Morgan fingerprint density at radius 1 is 1.48 bits per heavy atom. The zero-order valence-electron chi connectivity index (χ0n) is 11.6. The number of ether oxygens (including phenoxy) is 1. The van der Waals surface area contributed by atoms with E-state index >= 15 is 0 Å². The molecule has 8 heteroatoms. The molecule has 0 unspecified atom stereocenters. The number of rotatable bonds is 4. The maximum absolute atomic E-state index is 12.0. The first-order valence-corrected chi connectivity index (χ1v) is 6.62. The van der Waals surface area contributed by atoms with Crippen molar-refractivity contribution in [2.24, 2.45) is 7.05 Å². The van der Waals surface area contributed by atoms with Crippen molar-refractivity contribution in [3.8, 4) is 0 Å². The van der Waals surface area contributed by atoms with Gasteiger partial charge in [0, 0.05) is 26.3 Å². The van der Waals surface area contributed by atoms with E-state index in [0.717, 1.165) is 5.65 Å². The molecule has 1 fully saturated rings. The molecule has 1 aliphatic heterocycles. The van der Waals surface area contributed by atoms with Crippen molar-refractivity contribution in [1.29, 1.82) is 0 Å². The van der Waals surface area contributed by atoms with E-state index in [1.807, 2.05) is 7.05 Å². The number of pyridine rings is 1. The van der Waals surface area contributed by atoms with E-state index in [4.69, 9.17) is 4.74 Å². The molecule has 8 nitrogen and oxygen atoms in total. The summed E-state index contributed by atoms with van der Waals surface area (Å²) in [6.07, 6.45) is 2.84. The maximum atomic E-state index is 12.0. The SMILES string of the molecule is Cn1cnc2cc(C(=O)NCCN3CCOC3=O)cnc21. The first-order valence-electron chi connectivity index (χ1n) is 6.62. The first-order chi connectivity index (χ1) is 10.1. The minimum atomic E-state index is -0.333. The van der Waals surface area contributed by atoms with Gasteiger partial charge in [0.2, 0.25) is 0 Å². The fourth-order valence-electron chi connectivity index (χ4n) is 2.18. The summed E-state index contributed by atoms with van der Waals surface area (Å²) >= 11 is 0. The number of cyclic esters (lactones) is 1. The molecular formula is C13H15N5O3. The van der Waals surface area contributed by atoms with Gasteiger partial charge in [-0.2, -0.15) is 0 Å². The van der Waals surface area contributed by atoms with Crippen LogP contribution in [0.1, 0.15) is 10.4 Å². The van der Waals surface area contributed by atoms with Gasteiger partial charge in [-0.1, -0.05) is 0 Å². The number of aromatic nitrogens is 3. The molecule has 1 aliphatic rings. The molecule has 0 aliphatic carbocycles. The molecule has 0 saturated carbocycles. The number of fused-ring (bicyclic) bond motifs is 1. The van der Waals surface area contributed by atoms with Crippen LogP contribution < -0.4 is 5.32 Å². The van der Waals surface area contributed by atoms with E-state index in [1.165, 1.54) is 6.20 Å². The number of amides is 2. The predicted molar refractivity (Wildman–Crippen MR) is 73.8 cm³/mol. The monoisotopic (exact) mass is 289 g/mol. The molecule has 1 N–H and O–H groups in total. The quantitative estimate of drug-likeness (QED) is 0.865. The summed E-state index contributed by atoms with van der Waals surface area (Å²) in [7, 11) is 1.84. The van der Waals surface area contributed by atoms with Gasteiger partial charge in [0.05, 0.1) is 18.4 Å². The van der Waals surface area contributed by atoms with Gasteiger partial charge in [0.1, 0.15) is 12.1 Å². The molecule has 21 heavy (non-hydrogen) atoms. The Morgan fingerprint density at radius 2 is 2.33 bits per heavy atom. The van der Waals surface area contributed by atoms with E-state index < -0.39 is 0 Å². The topological polar surface area (TPSA) is 89.4 Å². The first kappa shape index (κ1) is 13.3. The molecule has 110 valence electrons. The van der Waals surface area contributed by atoms with Gasteiger partial charge in [0.15, 0.2) is 5.65 Å². The zero-order chi connectivity index (χ0) is 14.8. The summed E-state index contributed by atoms with van der Waals surface area (Å²) in [6, 6.07) is 1.70. The third-order valence-corrected chi connectivity index (χ3v) is 3.33. The van der Waals surface area contributed by atoms with Crippen LogP contribution in [-0.2, 0) is 11.8 Å². The van der Waals surface area contributed by atoms with Gasteiger partial charge in [0.25, 0.3) is 5.91 Å². The van der Waals surface area contributed by atoms with Gasteiger partial charge >= 0.3 is 6.09 Å². The van der Waals surface area contributed by atoms with Crippen molar-refractivity contribution < 1.29 is 14.3 Å². The molecule has 3 rings (SSSR count). The molecule has 3 heterocycles. The Hall–Kier alpha value is -2.64. The highest BCUT2D eigenvalue weighted by Crippen LogP contribution is 2.10. The van der Waals surface area contributed by atoms with Gasteiger partial charge in [-0.3, -0.25) is 4.79 Å². The molecule has 0 spiro atoms. The van der Waals surface area contributed by atoms with E-state index in [-0.39, 0.29) is 12.0 Å². The van der Waals surface area contributed by atoms with Crippen molar-refractivity contribution in [3.63, 3.8) is 0 Å². The third kappa shape index (κ3) is 2.64. The normalized spacial score (nSPS) is 14.5. The van der Waals surface area contributed by atoms with E-state index in [0.29, 0.717) is 37.3 Å². The van der Waals surface area contributed by atoms with Crippen LogP contribution >= 0.6 is 0 Å². The number of nitrogens with zero attached hydrogens (tertiary/aromatic N) is 4. The Kier molecular flexibility index (Phi) is 3.43. The minimum Gasteiger partial charge on any atom is -0.448 e. The predicted octanol–water partition coefficient (Wildman–Crippen LogP) is 0.150. The molecule has 1 saturated heterocycles. The van der Waals surface area contributed by atoms with Crippen molar-refractivity contribution in [2.75, 3.05) is 26.2 Å². The smallest absolute Gasteiger partial charge is 0.409 e. The lowest BCUT2D eigenvalue weighted by atomic mass is 10.2. The Bertz CT molecular complexity index is 696. The van der Waals surface area contributed by atoms with Crippen LogP contribution in [0, 0.1) is 0 Å². The van der Waals surface area contributed by atoms with Gasteiger partial charge in [-0.15, -0.1) is 0 Å². The number of hydrogen-bond donors (Lipinski definition) is 1. The summed E-state index contributed by atoms with van der Waals surface area (Å²) in [6.45, 7) is 1.78. The van der Waals surface area contributed by atoms with Crippen molar-refractivity contribution >= 4 is 23.2 Å². The second-order valence-electron chi connectivity index (χ2n) is 4.78. The summed E-state index contributed by atoms with van der Waals surface area (Å²) in [5, 5.41) is 2.75. The zero-order valence-corrected chi connectivity index (χ0v) is 11.6. The lowest BCUT2D eigenvalue weighted by Gasteiger charge is -2.12. The van der Waals surface area contributed by atoms with E-state index in [1.54, 1.807) is 21.9 Å². The van der Waals surface area contributed by atoms with E-state index in [2.05, 4.69) is 15.3 Å². The number of nitrogens with one attached hydrogen (secondary N) is 1. The number of carbonyl (C=O) groups is 2. The molecule has 0 aromatic carbocycles. The van der Waals surface area contributed by atoms with Gasteiger partial charge in [-0.25, -0.2) is 14.8 Å². The van der Waals surface area contributed by atoms with Crippen LogP contribution in [0.25, 0.3) is 11.2 Å². The van der Waals surface area contributed by atoms with E-state index in [9.17, 15) is 9.59 Å². The average Bonchev–Trinajstić information content (AvgIpc) is 3.05. The number of hydrogen-bond acceptors (Lipinski definition) is 5. The van der Waals surface area contributed by atoms with Crippen LogP contribution in [0.15, 0.2) is 18.6 Å². The van der Waals surface area contributed by atoms with Crippen LogP contribution in [0.4, 0.5) is 4.79 Å².